The second-order valence-electron chi connectivity index (χ2n) is 5.40. The van der Waals surface area contributed by atoms with Crippen LogP contribution >= 0.6 is 12.4 Å². The average Bonchev–Trinajstić information content (AvgIpc) is 2.80. The van der Waals surface area contributed by atoms with Gasteiger partial charge in [-0.05, 0) is 13.8 Å². The van der Waals surface area contributed by atoms with E-state index in [0.717, 1.165) is 12.2 Å². The zero-order valence-electron chi connectivity index (χ0n) is 11.6. The van der Waals surface area contributed by atoms with E-state index in [1.165, 1.54) is 0 Å². The number of aromatic nitrogens is 2. The van der Waals surface area contributed by atoms with Crippen LogP contribution in [0.25, 0.3) is 5.57 Å². The predicted molar refractivity (Wildman–Crippen MR) is 78.7 cm³/mol. The van der Waals surface area contributed by atoms with Crippen molar-refractivity contribution in [2.45, 2.75) is 39.2 Å². The number of rotatable bonds is 1. The first-order valence-electron chi connectivity index (χ1n) is 6.39. The Hall–Kier alpha value is -1.75. The smallest absolute Gasteiger partial charge is 0.186 e. The molecule has 106 valence electrons. The van der Waals surface area contributed by atoms with Gasteiger partial charge in [0.05, 0.1) is 0 Å². The Morgan fingerprint density at radius 3 is 2.70 bits per heavy atom. The average molecular weight is 294 g/mol. The molecule has 0 fully saturated rings. The van der Waals surface area contributed by atoms with Crippen molar-refractivity contribution in [1.29, 1.82) is 0 Å². The topological polar surface area (TPSA) is 75.2 Å². The molecule has 2 aliphatic rings. The molecule has 0 bridgehead atoms. The number of ketones is 2. The van der Waals surface area contributed by atoms with Crippen LogP contribution in [0, 0.1) is 0 Å². The molecule has 0 saturated carbocycles. The Kier molecular flexibility index (Phi) is 3.42. The van der Waals surface area contributed by atoms with Crippen LogP contribution < -0.4 is 0 Å². The number of carbonyl (C=O) groups is 2. The SMILES string of the molecule is CCc1nc2c([nH]1)C(=O)CC1=C2C=NC(C)(C)C1=O.Cl. The molecule has 6 heteroatoms. The second kappa shape index (κ2) is 4.66. The number of imidazole rings is 1. The Morgan fingerprint density at radius 2 is 2.05 bits per heavy atom. The maximum Gasteiger partial charge on any atom is 0.186 e. The molecule has 0 unspecified atom stereocenters. The lowest BCUT2D eigenvalue weighted by Crippen LogP contribution is -2.36. The minimum absolute atomic E-state index is 0. The fraction of sp³-hybridized carbons (Fsp3) is 0.429. The van der Waals surface area contributed by atoms with Crippen molar-refractivity contribution in [3.05, 3.63) is 22.8 Å². The van der Waals surface area contributed by atoms with E-state index < -0.39 is 5.54 Å². The maximum atomic E-state index is 12.4. The van der Waals surface area contributed by atoms with E-state index in [1.807, 2.05) is 6.92 Å². The summed E-state index contributed by atoms with van der Waals surface area (Å²) in [5.74, 6) is 0.614. The van der Waals surface area contributed by atoms with Gasteiger partial charge in [0.1, 0.15) is 22.8 Å². The van der Waals surface area contributed by atoms with E-state index in [4.69, 9.17) is 0 Å². The van der Waals surface area contributed by atoms with E-state index in [0.29, 0.717) is 22.5 Å². The summed E-state index contributed by atoms with van der Waals surface area (Å²) in [5, 5.41) is 0. The van der Waals surface area contributed by atoms with Gasteiger partial charge in [-0.25, -0.2) is 4.98 Å². The number of fused-ring (bicyclic) bond motifs is 2. The molecule has 3 rings (SSSR count). The molecule has 0 saturated heterocycles. The van der Waals surface area contributed by atoms with Gasteiger partial charge in [0.25, 0.3) is 0 Å². The summed E-state index contributed by atoms with van der Waals surface area (Å²) in [7, 11) is 0. The van der Waals surface area contributed by atoms with E-state index in [9.17, 15) is 9.59 Å². The Morgan fingerprint density at radius 1 is 1.35 bits per heavy atom. The molecular formula is C14H16ClN3O2. The van der Waals surface area contributed by atoms with Crippen LogP contribution in [0.2, 0.25) is 0 Å². The van der Waals surface area contributed by atoms with E-state index in [2.05, 4.69) is 15.0 Å². The van der Waals surface area contributed by atoms with Crippen LogP contribution in [0.5, 0.6) is 0 Å². The van der Waals surface area contributed by atoms with Crippen molar-refractivity contribution in [2.75, 3.05) is 0 Å². The molecule has 1 aliphatic heterocycles. The minimum atomic E-state index is -0.777. The first-order valence-corrected chi connectivity index (χ1v) is 6.39. The predicted octanol–water partition coefficient (Wildman–Crippen LogP) is 2.17. The van der Waals surface area contributed by atoms with Crippen LogP contribution in [0.3, 0.4) is 0 Å². The van der Waals surface area contributed by atoms with Gasteiger partial charge in [-0.15, -0.1) is 12.4 Å². The number of aryl methyl sites for hydroxylation is 1. The summed E-state index contributed by atoms with van der Waals surface area (Å²) in [5.41, 5.74) is 1.56. The van der Waals surface area contributed by atoms with Gasteiger partial charge in [-0.2, -0.15) is 0 Å². The summed E-state index contributed by atoms with van der Waals surface area (Å²) in [6.07, 6.45) is 2.55. The highest BCUT2D eigenvalue weighted by Gasteiger charge is 2.39. The molecule has 1 aromatic rings. The van der Waals surface area contributed by atoms with Gasteiger partial charge in [0.15, 0.2) is 11.6 Å². The highest BCUT2D eigenvalue weighted by Crippen LogP contribution is 2.35. The third kappa shape index (κ3) is 1.93. The number of Topliss-reactive ketones (excluding diaryl/α,β-unsaturated/α-hetero) is 2. The molecule has 0 spiro atoms. The van der Waals surface area contributed by atoms with Crippen molar-refractivity contribution < 1.29 is 9.59 Å². The summed E-state index contributed by atoms with van der Waals surface area (Å²) < 4.78 is 0. The first kappa shape index (κ1) is 14.7. The van der Waals surface area contributed by atoms with E-state index in [1.54, 1.807) is 20.1 Å². The monoisotopic (exact) mass is 293 g/mol. The van der Waals surface area contributed by atoms with Crippen LogP contribution in [0.1, 0.15) is 49.2 Å². The molecule has 1 N–H and O–H groups in total. The lowest BCUT2D eigenvalue weighted by molar-refractivity contribution is -0.119. The van der Waals surface area contributed by atoms with E-state index >= 15 is 0 Å². The molecule has 2 heterocycles. The van der Waals surface area contributed by atoms with Gasteiger partial charge in [-0.1, -0.05) is 6.92 Å². The number of aromatic amines is 1. The highest BCUT2D eigenvalue weighted by atomic mass is 35.5. The Labute approximate surface area is 123 Å². The lowest BCUT2D eigenvalue weighted by atomic mass is 9.81. The molecular weight excluding hydrogens is 278 g/mol. The van der Waals surface area contributed by atoms with Crippen LogP contribution in [0.15, 0.2) is 10.6 Å². The summed E-state index contributed by atoms with van der Waals surface area (Å²) >= 11 is 0. The van der Waals surface area contributed by atoms with Crippen molar-refractivity contribution >= 4 is 35.8 Å². The van der Waals surface area contributed by atoms with Crippen molar-refractivity contribution in [3.8, 4) is 0 Å². The number of H-pyrrole nitrogens is 1. The largest absolute Gasteiger partial charge is 0.339 e. The molecule has 0 atom stereocenters. The highest BCUT2D eigenvalue weighted by molar-refractivity contribution is 6.29. The molecule has 0 aromatic carbocycles. The van der Waals surface area contributed by atoms with Gasteiger partial charge in [0.2, 0.25) is 0 Å². The number of hydrogen-bond acceptors (Lipinski definition) is 4. The summed E-state index contributed by atoms with van der Waals surface area (Å²) in [6, 6.07) is 0. The fourth-order valence-electron chi connectivity index (χ4n) is 2.47. The lowest BCUT2D eigenvalue weighted by Gasteiger charge is -2.27. The molecule has 20 heavy (non-hydrogen) atoms. The molecule has 5 nitrogen and oxygen atoms in total. The third-order valence-corrected chi connectivity index (χ3v) is 3.63. The van der Waals surface area contributed by atoms with Crippen molar-refractivity contribution in [2.24, 2.45) is 4.99 Å². The number of allylic oxidation sites excluding steroid dienone is 1. The second-order valence-corrected chi connectivity index (χ2v) is 5.40. The molecule has 1 aliphatic carbocycles. The van der Waals surface area contributed by atoms with E-state index in [-0.39, 0.29) is 30.4 Å². The molecule has 0 amide bonds. The number of halogens is 1. The van der Waals surface area contributed by atoms with Crippen LogP contribution in [0.4, 0.5) is 0 Å². The van der Waals surface area contributed by atoms with Gasteiger partial charge < -0.3 is 4.98 Å². The van der Waals surface area contributed by atoms with Crippen LogP contribution in [-0.4, -0.2) is 33.3 Å². The Balaban J connectivity index is 0.00000147. The number of nitrogens with zero attached hydrogens (tertiary/aromatic N) is 2. The number of nitrogens with one attached hydrogen (secondary N) is 1. The number of hydrogen-bond donors (Lipinski definition) is 1. The fourth-order valence-corrected chi connectivity index (χ4v) is 2.47. The number of dihydropyridines is 1. The van der Waals surface area contributed by atoms with Crippen molar-refractivity contribution in [1.82, 2.24) is 9.97 Å². The molecule has 0 radical (unpaired) electrons. The summed E-state index contributed by atoms with van der Waals surface area (Å²) in [4.78, 5) is 36.2. The van der Waals surface area contributed by atoms with Gasteiger partial charge >= 0.3 is 0 Å². The Bertz CT molecular complexity index is 668. The van der Waals surface area contributed by atoms with Gasteiger partial charge in [0, 0.05) is 30.2 Å². The van der Waals surface area contributed by atoms with Crippen LogP contribution in [-0.2, 0) is 11.2 Å². The third-order valence-electron chi connectivity index (χ3n) is 3.63. The number of carbonyl (C=O) groups excluding carboxylic acids is 2. The zero-order valence-corrected chi connectivity index (χ0v) is 12.4. The number of aliphatic imine (C=N–C) groups is 1. The maximum absolute atomic E-state index is 12.4. The minimum Gasteiger partial charge on any atom is -0.339 e. The zero-order chi connectivity index (χ0) is 13.8. The molecule has 1 aromatic heterocycles. The summed E-state index contributed by atoms with van der Waals surface area (Å²) in [6.45, 7) is 5.49. The quantitative estimate of drug-likeness (QED) is 0.862. The van der Waals surface area contributed by atoms with Gasteiger partial charge in [-0.3, -0.25) is 14.6 Å². The standard InChI is InChI=1S/C14H15N3O2.ClH/c1-4-10-16-11-8-6-15-14(2,3)13(19)7(8)5-9(18)12(11)17-10;/h6H,4-5H2,1-3H3,(H,16,17);1H. The first-order chi connectivity index (χ1) is 8.94. The van der Waals surface area contributed by atoms with Crippen molar-refractivity contribution in [3.63, 3.8) is 0 Å². The normalized spacial score (nSPS) is 19.6.